The largest absolute Gasteiger partial charge is 0.369 e. The molecule has 0 spiro atoms. The molecule has 2 aliphatic heterocycles. The quantitative estimate of drug-likeness (QED) is 0.544. The van der Waals surface area contributed by atoms with E-state index in [1.165, 1.54) is 17.0 Å². The van der Waals surface area contributed by atoms with Crippen LogP contribution in [0.25, 0.3) is 0 Å². The second kappa shape index (κ2) is 8.44. The van der Waals surface area contributed by atoms with Crippen molar-refractivity contribution in [3.05, 3.63) is 63.5 Å². The highest BCUT2D eigenvalue weighted by molar-refractivity contribution is 5.95. The summed E-state index contributed by atoms with van der Waals surface area (Å²) in [7, 11) is 0. The molecule has 31 heavy (non-hydrogen) atoms. The van der Waals surface area contributed by atoms with Crippen molar-refractivity contribution in [3.8, 4) is 0 Å². The number of halogens is 3. The molecule has 10 heteroatoms. The van der Waals surface area contributed by atoms with Crippen LogP contribution in [-0.4, -0.2) is 55.0 Å². The lowest BCUT2D eigenvalue weighted by Gasteiger charge is -2.36. The van der Waals surface area contributed by atoms with Gasteiger partial charge in [0.25, 0.3) is 11.6 Å². The van der Waals surface area contributed by atoms with E-state index in [1.807, 2.05) is 4.90 Å². The number of piperazine rings is 1. The SMILES string of the molecule is O=C(c1c(F)cccc1F)N1CCN(c2cc(N3CCCC3)c(F)cc2[N+](=O)[O-])CC1. The molecule has 2 aliphatic rings. The maximum atomic E-state index is 14.6. The van der Waals surface area contributed by atoms with Gasteiger partial charge in [-0.1, -0.05) is 6.07 Å². The molecular formula is C21H21F3N4O3. The van der Waals surface area contributed by atoms with Crippen LogP contribution < -0.4 is 9.80 Å². The van der Waals surface area contributed by atoms with Gasteiger partial charge in [0.15, 0.2) is 5.82 Å². The number of nitro groups is 1. The van der Waals surface area contributed by atoms with Crippen LogP contribution in [0.2, 0.25) is 0 Å². The van der Waals surface area contributed by atoms with E-state index in [-0.39, 0.29) is 37.6 Å². The fourth-order valence-electron chi connectivity index (χ4n) is 4.15. The number of benzene rings is 2. The first-order valence-electron chi connectivity index (χ1n) is 10.1. The molecule has 0 unspecified atom stereocenters. The Morgan fingerprint density at radius 2 is 1.42 bits per heavy atom. The molecule has 0 bridgehead atoms. The average Bonchev–Trinajstić information content (AvgIpc) is 3.28. The molecule has 2 saturated heterocycles. The first-order chi connectivity index (χ1) is 14.9. The van der Waals surface area contributed by atoms with Crippen LogP contribution in [0.1, 0.15) is 23.2 Å². The number of carbonyl (C=O) groups is 1. The lowest BCUT2D eigenvalue weighted by molar-refractivity contribution is -0.384. The molecular weight excluding hydrogens is 413 g/mol. The minimum atomic E-state index is -0.933. The Bertz CT molecular complexity index is 999. The van der Waals surface area contributed by atoms with Crippen molar-refractivity contribution in [3.63, 3.8) is 0 Å². The Labute approximate surface area is 176 Å². The van der Waals surface area contributed by atoms with Gasteiger partial charge < -0.3 is 14.7 Å². The fourth-order valence-corrected chi connectivity index (χ4v) is 4.15. The molecule has 0 atom stereocenters. The van der Waals surface area contributed by atoms with Gasteiger partial charge in [-0.3, -0.25) is 14.9 Å². The molecule has 7 nitrogen and oxygen atoms in total. The molecule has 0 aliphatic carbocycles. The number of hydrogen-bond acceptors (Lipinski definition) is 5. The van der Waals surface area contributed by atoms with Crippen LogP contribution in [0.3, 0.4) is 0 Å². The van der Waals surface area contributed by atoms with Crippen molar-refractivity contribution in [2.45, 2.75) is 12.8 Å². The Morgan fingerprint density at radius 1 is 0.839 bits per heavy atom. The second-order valence-electron chi connectivity index (χ2n) is 7.62. The lowest BCUT2D eigenvalue weighted by atomic mass is 10.1. The normalized spacial score (nSPS) is 16.7. The minimum absolute atomic E-state index is 0.125. The number of rotatable bonds is 4. The van der Waals surface area contributed by atoms with E-state index in [0.29, 0.717) is 18.8 Å². The number of amides is 1. The zero-order valence-corrected chi connectivity index (χ0v) is 16.7. The highest BCUT2D eigenvalue weighted by Crippen LogP contribution is 2.36. The van der Waals surface area contributed by atoms with Gasteiger partial charge in [0.1, 0.15) is 22.9 Å². The number of carbonyl (C=O) groups excluding carboxylic acids is 1. The van der Waals surface area contributed by atoms with Crippen molar-refractivity contribution in [2.75, 3.05) is 49.1 Å². The summed E-state index contributed by atoms with van der Waals surface area (Å²) in [6.07, 6.45) is 1.86. The van der Waals surface area contributed by atoms with E-state index in [2.05, 4.69) is 0 Å². The van der Waals surface area contributed by atoms with Gasteiger partial charge >= 0.3 is 0 Å². The third kappa shape index (κ3) is 4.01. The van der Waals surface area contributed by atoms with Gasteiger partial charge in [-0.2, -0.15) is 0 Å². The summed E-state index contributed by atoms with van der Waals surface area (Å²) in [6.45, 7) is 2.05. The van der Waals surface area contributed by atoms with E-state index in [1.54, 1.807) is 4.90 Å². The van der Waals surface area contributed by atoms with Crippen molar-refractivity contribution >= 4 is 23.0 Å². The minimum Gasteiger partial charge on any atom is -0.369 e. The van der Waals surface area contributed by atoms with E-state index in [9.17, 15) is 28.1 Å². The van der Waals surface area contributed by atoms with E-state index in [0.717, 1.165) is 31.0 Å². The molecule has 2 fully saturated rings. The van der Waals surface area contributed by atoms with Gasteiger partial charge in [-0.15, -0.1) is 0 Å². The maximum Gasteiger partial charge on any atom is 0.295 e. The van der Waals surface area contributed by atoms with Gasteiger partial charge in [0, 0.05) is 39.3 Å². The average molecular weight is 434 g/mol. The Kier molecular flexibility index (Phi) is 5.71. The standard InChI is InChI=1S/C21H21F3N4O3/c22-14-4-3-5-15(23)20(14)21(29)27-10-8-26(9-11-27)18-13-17(25-6-1-2-7-25)16(24)12-19(18)28(30)31/h3-5,12-13H,1-2,6-11H2. The maximum absolute atomic E-state index is 14.6. The summed E-state index contributed by atoms with van der Waals surface area (Å²) >= 11 is 0. The first-order valence-corrected chi connectivity index (χ1v) is 10.1. The topological polar surface area (TPSA) is 69.9 Å². The highest BCUT2D eigenvalue weighted by Gasteiger charge is 2.31. The van der Waals surface area contributed by atoms with E-state index < -0.39 is 33.8 Å². The first kappa shape index (κ1) is 21.0. The fraction of sp³-hybridized carbons (Fsp3) is 0.381. The third-order valence-corrected chi connectivity index (χ3v) is 5.77. The summed E-state index contributed by atoms with van der Waals surface area (Å²) in [5, 5.41) is 11.5. The predicted octanol–water partition coefficient (Wildman–Crippen LogP) is 3.57. The summed E-state index contributed by atoms with van der Waals surface area (Å²) in [4.78, 5) is 28.4. The molecule has 164 valence electrons. The van der Waals surface area contributed by atoms with Crippen LogP contribution in [0.15, 0.2) is 30.3 Å². The summed E-state index contributed by atoms with van der Waals surface area (Å²) in [6, 6.07) is 5.66. The van der Waals surface area contributed by atoms with Crippen molar-refractivity contribution < 1.29 is 22.9 Å². The smallest absolute Gasteiger partial charge is 0.295 e. The lowest BCUT2D eigenvalue weighted by Crippen LogP contribution is -2.49. The van der Waals surface area contributed by atoms with Crippen LogP contribution in [0.5, 0.6) is 0 Å². The summed E-state index contributed by atoms with van der Waals surface area (Å²) in [5.74, 6) is -3.27. The second-order valence-corrected chi connectivity index (χ2v) is 7.62. The number of anilines is 2. The molecule has 0 aromatic heterocycles. The Balaban J connectivity index is 1.56. The molecule has 0 saturated carbocycles. The number of hydrogen-bond donors (Lipinski definition) is 0. The van der Waals surface area contributed by atoms with Crippen LogP contribution in [0.4, 0.5) is 30.2 Å². The zero-order chi connectivity index (χ0) is 22.1. The van der Waals surface area contributed by atoms with Gasteiger partial charge in [0.05, 0.1) is 16.7 Å². The molecule has 0 radical (unpaired) electrons. The summed E-state index contributed by atoms with van der Waals surface area (Å²) < 4.78 is 42.5. The van der Waals surface area contributed by atoms with Crippen molar-refractivity contribution in [1.82, 2.24) is 4.90 Å². The highest BCUT2D eigenvalue weighted by atomic mass is 19.1. The van der Waals surface area contributed by atoms with Gasteiger partial charge in [-0.05, 0) is 31.0 Å². The monoisotopic (exact) mass is 434 g/mol. The van der Waals surface area contributed by atoms with E-state index in [4.69, 9.17) is 0 Å². The zero-order valence-electron chi connectivity index (χ0n) is 16.7. The van der Waals surface area contributed by atoms with Gasteiger partial charge in [0.2, 0.25) is 0 Å². The molecule has 1 amide bonds. The van der Waals surface area contributed by atoms with Crippen molar-refractivity contribution in [1.29, 1.82) is 0 Å². The number of nitrogens with zero attached hydrogens (tertiary/aromatic N) is 4. The Morgan fingerprint density at radius 3 is 2.00 bits per heavy atom. The number of nitro benzene ring substituents is 1. The molecule has 4 rings (SSSR count). The van der Waals surface area contributed by atoms with Crippen LogP contribution >= 0.6 is 0 Å². The van der Waals surface area contributed by atoms with Crippen LogP contribution in [0, 0.1) is 27.6 Å². The van der Waals surface area contributed by atoms with Gasteiger partial charge in [-0.25, -0.2) is 13.2 Å². The third-order valence-electron chi connectivity index (χ3n) is 5.77. The predicted molar refractivity (Wildman–Crippen MR) is 109 cm³/mol. The molecule has 0 N–H and O–H groups in total. The summed E-state index contributed by atoms with van der Waals surface area (Å²) in [5.41, 5.74) is -0.358. The van der Waals surface area contributed by atoms with E-state index >= 15 is 0 Å². The molecule has 2 aromatic carbocycles. The van der Waals surface area contributed by atoms with Crippen LogP contribution in [-0.2, 0) is 0 Å². The molecule has 2 aromatic rings. The molecule has 2 heterocycles. The Hall–Kier alpha value is -3.30. The van der Waals surface area contributed by atoms with Crippen molar-refractivity contribution in [2.24, 2.45) is 0 Å².